The Morgan fingerprint density at radius 1 is 1.50 bits per heavy atom. The van der Waals surface area contributed by atoms with Gasteiger partial charge in [0.2, 0.25) is 0 Å². The van der Waals surface area contributed by atoms with Gasteiger partial charge in [-0.2, -0.15) is 0 Å². The van der Waals surface area contributed by atoms with Crippen molar-refractivity contribution in [3.63, 3.8) is 0 Å². The first-order valence-corrected chi connectivity index (χ1v) is 3.86. The highest BCUT2D eigenvalue weighted by Gasteiger charge is 2.32. The molecule has 3 nitrogen and oxygen atoms in total. The van der Waals surface area contributed by atoms with Crippen LogP contribution in [0.1, 0.15) is 6.42 Å². The molecule has 0 aromatic carbocycles. The lowest BCUT2D eigenvalue weighted by molar-refractivity contribution is 0.0126. The average Bonchev–Trinajstić information content (AvgIpc) is 2.27. The fourth-order valence-corrected chi connectivity index (χ4v) is 1.81. The van der Waals surface area contributed by atoms with E-state index in [-0.39, 0.29) is 6.10 Å². The van der Waals surface area contributed by atoms with Crippen LogP contribution in [0.15, 0.2) is 0 Å². The second-order valence-electron chi connectivity index (χ2n) is 3.11. The van der Waals surface area contributed by atoms with Crippen molar-refractivity contribution in [1.82, 2.24) is 4.90 Å². The number of ether oxygens (including phenoxy) is 1. The lowest BCUT2D eigenvalue weighted by atomic mass is 10.2. The second kappa shape index (κ2) is 2.49. The molecular weight excluding hydrogens is 130 g/mol. The van der Waals surface area contributed by atoms with E-state index in [2.05, 4.69) is 4.90 Å². The van der Waals surface area contributed by atoms with E-state index in [9.17, 15) is 5.11 Å². The molecule has 2 aliphatic rings. The van der Waals surface area contributed by atoms with Crippen molar-refractivity contribution in [2.24, 2.45) is 0 Å². The van der Waals surface area contributed by atoms with E-state index in [1.807, 2.05) is 0 Å². The van der Waals surface area contributed by atoms with Crippen molar-refractivity contribution >= 4 is 0 Å². The summed E-state index contributed by atoms with van der Waals surface area (Å²) in [4.78, 5) is 2.31. The number of rotatable bonds is 0. The number of aliphatic hydroxyl groups is 1. The Hall–Kier alpha value is -0.120. The SMILES string of the molecule is O[C@@H]1C[C@@H]2COCCN2C1. The van der Waals surface area contributed by atoms with Gasteiger partial charge in [-0.1, -0.05) is 0 Å². The zero-order chi connectivity index (χ0) is 6.97. The normalized spacial score (nSPS) is 41.7. The smallest absolute Gasteiger partial charge is 0.0683 e. The van der Waals surface area contributed by atoms with Crippen LogP contribution in [0, 0.1) is 0 Å². The predicted octanol–water partition coefficient (Wildman–Crippen LogP) is -0.548. The first kappa shape index (κ1) is 6.58. The fraction of sp³-hybridized carbons (Fsp3) is 1.00. The molecule has 0 amide bonds. The summed E-state index contributed by atoms with van der Waals surface area (Å²) in [7, 11) is 0. The highest BCUT2D eigenvalue weighted by Crippen LogP contribution is 2.19. The molecule has 10 heavy (non-hydrogen) atoms. The molecule has 0 aromatic heterocycles. The number of morpholine rings is 1. The van der Waals surface area contributed by atoms with Crippen LogP contribution in [0.5, 0.6) is 0 Å². The van der Waals surface area contributed by atoms with Gasteiger partial charge >= 0.3 is 0 Å². The van der Waals surface area contributed by atoms with Crippen LogP contribution in [-0.2, 0) is 4.74 Å². The number of nitrogens with zero attached hydrogens (tertiary/aromatic N) is 1. The topological polar surface area (TPSA) is 32.7 Å². The Kier molecular flexibility index (Phi) is 1.64. The number of fused-ring (bicyclic) bond motifs is 1. The quantitative estimate of drug-likeness (QED) is 0.494. The third-order valence-corrected chi connectivity index (χ3v) is 2.34. The molecule has 2 saturated heterocycles. The number of hydrogen-bond donors (Lipinski definition) is 1. The maximum absolute atomic E-state index is 9.26. The van der Waals surface area contributed by atoms with E-state index < -0.39 is 0 Å². The zero-order valence-electron chi connectivity index (χ0n) is 5.99. The standard InChI is InChI=1S/C7H13NO2/c9-7-3-6-5-10-2-1-8(6)4-7/h6-7,9H,1-5H2/t6-,7-/m1/s1. The third-order valence-electron chi connectivity index (χ3n) is 2.34. The van der Waals surface area contributed by atoms with E-state index in [0.29, 0.717) is 6.04 Å². The highest BCUT2D eigenvalue weighted by atomic mass is 16.5. The van der Waals surface area contributed by atoms with Crippen LogP contribution in [-0.4, -0.2) is 48.5 Å². The zero-order valence-corrected chi connectivity index (χ0v) is 5.99. The van der Waals surface area contributed by atoms with Gasteiger partial charge in [-0.25, -0.2) is 0 Å². The molecule has 0 radical (unpaired) electrons. The number of hydrogen-bond acceptors (Lipinski definition) is 3. The first-order valence-electron chi connectivity index (χ1n) is 3.86. The van der Waals surface area contributed by atoms with Crippen LogP contribution in [0.4, 0.5) is 0 Å². The van der Waals surface area contributed by atoms with E-state index >= 15 is 0 Å². The van der Waals surface area contributed by atoms with Gasteiger partial charge in [-0.05, 0) is 6.42 Å². The molecule has 2 atom stereocenters. The Labute approximate surface area is 60.6 Å². The molecule has 2 fully saturated rings. The van der Waals surface area contributed by atoms with Gasteiger partial charge in [0, 0.05) is 19.1 Å². The summed E-state index contributed by atoms with van der Waals surface area (Å²) in [6, 6.07) is 0.503. The molecule has 2 aliphatic heterocycles. The van der Waals surface area contributed by atoms with Gasteiger partial charge in [-0.3, -0.25) is 4.90 Å². The van der Waals surface area contributed by atoms with Gasteiger partial charge in [0.25, 0.3) is 0 Å². The summed E-state index contributed by atoms with van der Waals surface area (Å²) < 4.78 is 5.28. The molecule has 0 unspecified atom stereocenters. The maximum atomic E-state index is 9.26. The predicted molar refractivity (Wildman–Crippen MR) is 36.8 cm³/mol. The van der Waals surface area contributed by atoms with Crippen LogP contribution >= 0.6 is 0 Å². The third kappa shape index (κ3) is 1.05. The minimum atomic E-state index is -0.105. The monoisotopic (exact) mass is 143 g/mol. The van der Waals surface area contributed by atoms with Crippen molar-refractivity contribution in [2.75, 3.05) is 26.3 Å². The molecule has 3 heteroatoms. The summed E-state index contributed by atoms with van der Waals surface area (Å²) >= 11 is 0. The van der Waals surface area contributed by atoms with Gasteiger partial charge in [0.15, 0.2) is 0 Å². The van der Waals surface area contributed by atoms with Crippen molar-refractivity contribution < 1.29 is 9.84 Å². The van der Waals surface area contributed by atoms with Gasteiger partial charge in [-0.15, -0.1) is 0 Å². The molecule has 58 valence electrons. The largest absolute Gasteiger partial charge is 0.392 e. The second-order valence-corrected chi connectivity index (χ2v) is 3.11. The van der Waals surface area contributed by atoms with Crippen LogP contribution in [0.25, 0.3) is 0 Å². The van der Waals surface area contributed by atoms with Crippen molar-refractivity contribution in [1.29, 1.82) is 0 Å². The van der Waals surface area contributed by atoms with Crippen molar-refractivity contribution in [3.05, 3.63) is 0 Å². The van der Waals surface area contributed by atoms with E-state index in [1.165, 1.54) is 0 Å². The molecular formula is C7H13NO2. The van der Waals surface area contributed by atoms with Crippen LogP contribution < -0.4 is 0 Å². The Bertz CT molecular complexity index is 115. The van der Waals surface area contributed by atoms with Gasteiger partial charge < -0.3 is 9.84 Å². The van der Waals surface area contributed by atoms with E-state index in [1.54, 1.807) is 0 Å². The molecule has 0 bridgehead atoms. The summed E-state index contributed by atoms with van der Waals surface area (Å²) in [6.45, 7) is 3.51. The number of aliphatic hydroxyl groups excluding tert-OH is 1. The molecule has 0 aromatic rings. The molecule has 0 aliphatic carbocycles. The minimum Gasteiger partial charge on any atom is -0.392 e. The summed E-state index contributed by atoms with van der Waals surface area (Å²) in [5.41, 5.74) is 0. The van der Waals surface area contributed by atoms with E-state index in [0.717, 1.165) is 32.7 Å². The van der Waals surface area contributed by atoms with Crippen molar-refractivity contribution in [2.45, 2.75) is 18.6 Å². The van der Waals surface area contributed by atoms with Crippen LogP contribution in [0.3, 0.4) is 0 Å². The minimum absolute atomic E-state index is 0.105. The van der Waals surface area contributed by atoms with Crippen molar-refractivity contribution in [3.8, 4) is 0 Å². The lowest BCUT2D eigenvalue weighted by Crippen LogP contribution is -2.40. The maximum Gasteiger partial charge on any atom is 0.0683 e. The Morgan fingerprint density at radius 2 is 2.40 bits per heavy atom. The molecule has 2 rings (SSSR count). The molecule has 2 heterocycles. The van der Waals surface area contributed by atoms with Crippen LogP contribution in [0.2, 0.25) is 0 Å². The summed E-state index contributed by atoms with van der Waals surface area (Å²) in [5.74, 6) is 0. The fourth-order valence-electron chi connectivity index (χ4n) is 1.81. The Balaban J connectivity index is 1.97. The highest BCUT2D eigenvalue weighted by molar-refractivity contribution is 4.86. The summed E-state index contributed by atoms with van der Waals surface area (Å²) in [5, 5.41) is 9.26. The molecule has 0 saturated carbocycles. The Morgan fingerprint density at radius 3 is 3.20 bits per heavy atom. The average molecular weight is 143 g/mol. The molecule has 1 N–H and O–H groups in total. The van der Waals surface area contributed by atoms with E-state index in [4.69, 9.17) is 4.74 Å². The van der Waals surface area contributed by atoms with Gasteiger partial charge in [0.05, 0.1) is 19.3 Å². The van der Waals surface area contributed by atoms with Gasteiger partial charge in [0.1, 0.15) is 0 Å². The first-order chi connectivity index (χ1) is 4.86. The summed E-state index contributed by atoms with van der Waals surface area (Å²) in [6.07, 6.45) is 0.798. The molecule has 0 spiro atoms. The lowest BCUT2D eigenvalue weighted by Gasteiger charge is -2.28.